The molecule has 0 fully saturated rings. The number of nitrogens with one attached hydrogen (secondary N) is 2. The summed E-state index contributed by atoms with van der Waals surface area (Å²) in [4.78, 5) is 6.63. The second kappa shape index (κ2) is 7.38. The van der Waals surface area contributed by atoms with Crippen molar-refractivity contribution >= 4 is 11.6 Å². The second-order valence-corrected chi connectivity index (χ2v) is 6.21. The van der Waals surface area contributed by atoms with E-state index in [0.717, 1.165) is 24.7 Å². The van der Waals surface area contributed by atoms with Crippen LogP contribution >= 0.6 is 0 Å². The van der Waals surface area contributed by atoms with Crippen LogP contribution in [-0.4, -0.2) is 36.4 Å². The molecule has 24 heavy (non-hydrogen) atoms. The van der Waals surface area contributed by atoms with Crippen LogP contribution in [0, 0.1) is 0 Å². The Morgan fingerprint density at radius 3 is 2.79 bits per heavy atom. The van der Waals surface area contributed by atoms with E-state index < -0.39 is 0 Å². The molecule has 1 aliphatic heterocycles. The Morgan fingerprint density at radius 2 is 2.04 bits per heavy atom. The van der Waals surface area contributed by atoms with Crippen LogP contribution in [0.5, 0.6) is 0 Å². The molecule has 0 aliphatic carbocycles. The summed E-state index contributed by atoms with van der Waals surface area (Å²) < 4.78 is 1.86. The van der Waals surface area contributed by atoms with Gasteiger partial charge in [-0.2, -0.15) is 5.10 Å². The maximum absolute atomic E-state index is 4.29. The summed E-state index contributed by atoms with van der Waals surface area (Å²) in [5.74, 6) is 0.797. The highest BCUT2D eigenvalue weighted by molar-refractivity contribution is 5.79. The molecule has 0 saturated carbocycles. The molecule has 1 aromatic carbocycles. The molecule has 2 aromatic rings. The predicted octanol–water partition coefficient (Wildman–Crippen LogP) is 1.67. The van der Waals surface area contributed by atoms with Gasteiger partial charge >= 0.3 is 0 Å². The maximum Gasteiger partial charge on any atom is 0.191 e. The van der Waals surface area contributed by atoms with Crippen LogP contribution in [0.2, 0.25) is 0 Å². The van der Waals surface area contributed by atoms with Crippen LogP contribution in [-0.2, 0) is 26.6 Å². The third-order valence-electron chi connectivity index (χ3n) is 4.54. The van der Waals surface area contributed by atoms with E-state index in [9.17, 15) is 0 Å². The van der Waals surface area contributed by atoms with Crippen molar-refractivity contribution in [3.05, 3.63) is 47.3 Å². The lowest BCUT2D eigenvalue weighted by atomic mass is 9.99. The zero-order valence-corrected chi connectivity index (χ0v) is 14.7. The molecule has 3 rings (SSSR count). The molecule has 0 spiro atoms. The molecule has 0 bridgehead atoms. The van der Waals surface area contributed by atoms with Gasteiger partial charge in [0.05, 0.1) is 12.2 Å². The normalized spacial score (nSPS) is 14.5. The highest BCUT2D eigenvalue weighted by Crippen LogP contribution is 2.26. The molecular weight excluding hydrogens is 300 g/mol. The molecule has 128 valence electrons. The molecule has 2 heterocycles. The summed E-state index contributed by atoms with van der Waals surface area (Å²) in [6.45, 7) is 2.61. The summed E-state index contributed by atoms with van der Waals surface area (Å²) >= 11 is 0. The number of hydrogen-bond donors (Lipinski definition) is 2. The van der Waals surface area contributed by atoms with E-state index >= 15 is 0 Å². The number of aryl methyl sites for hydroxylation is 2. The first-order valence-corrected chi connectivity index (χ1v) is 8.41. The Morgan fingerprint density at radius 1 is 1.21 bits per heavy atom. The standard InChI is InChI=1S/C18H26N6/c1-19-18(21-13-16-8-9-22-24(16)3)20-12-14-6-7-17-15(11-14)5-4-10-23(17)2/h6-9,11H,4-5,10,12-13H2,1-3H3,(H2,19,20,21). The van der Waals surface area contributed by atoms with Crippen molar-refractivity contribution < 1.29 is 0 Å². The number of hydrogen-bond acceptors (Lipinski definition) is 3. The van der Waals surface area contributed by atoms with E-state index in [1.807, 2.05) is 17.8 Å². The minimum Gasteiger partial charge on any atom is -0.374 e. The van der Waals surface area contributed by atoms with Gasteiger partial charge in [0.25, 0.3) is 0 Å². The van der Waals surface area contributed by atoms with E-state index in [-0.39, 0.29) is 0 Å². The third-order valence-corrected chi connectivity index (χ3v) is 4.54. The fourth-order valence-electron chi connectivity index (χ4n) is 3.10. The number of nitrogens with zero attached hydrogens (tertiary/aromatic N) is 4. The Labute approximate surface area is 143 Å². The largest absolute Gasteiger partial charge is 0.374 e. The monoisotopic (exact) mass is 326 g/mol. The minimum absolute atomic E-state index is 0.700. The Bertz CT molecular complexity index is 718. The Hall–Kier alpha value is -2.50. The molecule has 0 unspecified atom stereocenters. The molecule has 1 aliphatic rings. The van der Waals surface area contributed by atoms with Gasteiger partial charge in [-0.15, -0.1) is 0 Å². The van der Waals surface area contributed by atoms with Crippen LogP contribution in [0.4, 0.5) is 5.69 Å². The topological polar surface area (TPSA) is 57.5 Å². The minimum atomic E-state index is 0.700. The highest BCUT2D eigenvalue weighted by Gasteiger charge is 2.13. The first-order chi connectivity index (χ1) is 11.7. The Kier molecular flexibility index (Phi) is 5.03. The van der Waals surface area contributed by atoms with Gasteiger partial charge < -0.3 is 15.5 Å². The van der Waals surface area contributed by atoms with E-state index in [2.05, 4.69) is 50.9 Å². The van der Waals surface area contributed by atoms with Gasteiger partial charge in [0.15, 0.2) is 5.96 Å². The average Bonchev–Trinajstić information content (AvgIpc) is 3.00. The molecule has 1 aromatic heterocycles. The number of fused-ring (bicyclic) bond motifs is 1. The SMILES string of the molecule is CN=C(NCc1ccc2c(c1)CCCN2C)NCc1ccnn1C. The highest BCUT2D eigenvalue weighted by atomic mass is 15.3. The first-order valence-electron chi connectivity index (χ1n) is 8.41. The van der Waals surface area contributed by atoms with Gasteiger partial charge in [-0.25, -0.2) is 0 Å². The number of aliphatic imine (C=N–C) groups is 1. The number of guanidine groups is 1. The summed E-state index contributed by atoms with van der Waals surface area (Å²) in [6, 6.07) is 8.74. The molecule has 0 saturated heterocycles. The third kappa shape index (κ3) is 3.69. The zero-order valence-electron chi connectivity index (χ0n) is 14.7. The number of benzene rings is 1. The quantitative estimate of drug-likeness (QED) is 0.663. The van der Waals surface area contributed by atoms with Crippen molar-refractivity contribution in [3.63, 3.8) is 0 Å². The summed E-state index contributed by atoms with van der Waals surface area (Å²) in [6.07, 6.45) is 4.20. The van der Waals surface area contributed by atoms with Gasteiger partial charge in [0.2, 0.25) is 0 Å². The van der Waals surface area contributed by atoms with Crippen LogP contribution < -0.4 is 15.5 Å². The summed E-state index contributed by atoms with van der Waals surface area (Å²) in [7, 11) is 5.90. The van der Waals surface area contributed by atoms with Crippen molar-refractivity contribution in [2.24, 2.45) is 12.0 Å². The van der Waals surface area contributed by atoms with E-state index in [0.29, 0.717) is 6.54 Å². The smallest absolute Gasteiger partial charge is 0.191 e. The van der Waals surface area contributed by atoms with Gasteiger partial charge in [0, 0.05) is 46.1 Å². The lowest BCUT2D eigenvalue weighted by Gasteiger charge is -2.28. The van der Waals surface area contributed by atoms with Crippen molar-refractivity contribution in [1.82, 2.24) is 20.4 Å². The van der Waals surface area contributed by atoms with Gasteiger partial charge in [0.1, 0.15) is 0 Å². The van der Waals surface area contributed by atoms with Crippen LogP contribution in [0.15, 0.2) is 35.5 Å². The number of aromatic nitrogens is 2. The maximum atomic E-state index is 4.29. The first kappa shape index (κ1) is 16.4. The van der Waals surface area contributed by atoms with E-state index in [1.165, 1.54) is 29.7 Å². The number of anilines is 1. The second-order valence-electron chi connectivity index (χ2n) is 6.21. The molecular formula is C18H26N6. The van der Waals surface area contributed by atoms with Crippen LogP contribution in [0.3, 0.4) is 0 Å². The van der Waals surface area contributed by atoms with Crippen molar-refractivity contribution in [3.8, 4) is 0 Å². The van der Waals surface area contributed by atoms with Crippen LogP contribution in [0.25, 0.3) is 0 Å². The van der Waals surface area contributed by atoms with E-state index in [4.69, 9.17) is 0 Å². The zero-order chi connectivity index (χ0) is 16.9. The van der Waals surface area contributed by atoms with Crippen molar-refractivity contribution in [2.45, 2.75) is 25.9 Å². The summed E-state index contributed by atoms with van der Waals surface area (Å²) in [5, 5.41) is 10.9. The van der Waals surface area contributed by atoms with Gasteiger partial charge in [-0.1, -0.05) is 12.1 Å². The molecule has 6 nitrogen and oxygen atoms in total. The molecule has 0 atom stereocenters. The molecule has 6 heteroatoms. The van der Waals surface area contributed by atoms with Crippen LogP contribution in [0.1, 0.15) is 23.2 Å². The fraction of sp³-hybridized carbons (Fsp3) is 0.444. The lowest BCUT2D eigenvalue weighted by Crippen LogP contribution is -2.36. The fourth-order valence-corrected chi connectivity index (χ4v) is 3.10. The summed E-state index contributed by atoms with van der Waals surface area (Å²) in [5.41, 5.74) is 5.21. The molecule has 0 amide bonds. The van der Waals surface area contributed by atoms with Crippen molar-refractivity contribution in [1.29, 1.82) is 0 Å². The van der Waals surface area contributed by atoms with Gasteiger partial charge in [-0.3, -0.25) is 9.67 Å². The number of rotatable bonds is 4. The molecule has 2 N–H and O–H groups in total. The van der Waals surface area contributed by atoms with E-state index in [1.54, 1.807) is 13.2 Å². The van der Waals surface area contributed by atoms with Crippen molar-refractivity contribution in [2.75, 3.05) is 25.5 Å². The van der Waals surface area contributed by atoms with Gasteiger partial charge in [-0.05, 0) is 36.1 Å². The predicted molar refractivity (Wildman–Crippen MR) is 98.3 cm³/mol. The molecule has 0 radical (unpaired) electrons. The lowest BCUT2D eigenvalue weighted by molar-refractivity contribution is 0.684. The average molecular weight is 326 g/mol. The Balaban J connectivity index is 1.57.